The van der Waals surface area contributed by atoms with Crippen molar-refractivity contribution in [2.45, 2.75) is 13.5 Å². The third-order valence-electron chi connectivity index (χ3n) is 2.23. The molecular weight excluding hydrogens is 283 g/mol. The second-order valence-electron chi connectivity index (χ2n) is 3.29. The fourth-order valence-corrected chi connectivity index (χ4v) is 2.91. The third kappa shape index (κ3) is 2.31. The van der Waals surface area contributed by atoms with Crippen molar-refractivity contribution in [3.63, 3.8) is 0 Å². The highest BCUT2D eigenvalue weighted by molar-refractivity contribution is 7.20. The van der Waals surface area contributed by atoms with Crippen molar-refractivity contribution >= 4 is 40.5 Å². The summed E-state index contributed by atoms with van der Waals surface area (Å²) in [4.78, 5) is 11.1. The van der Waals surface area contributed by atoms with E-state index < -0.39 is 5.97 Å². The molecule has 2 heterocycles. The third-order valence-corrected chi connectivity index (χ3v) is 3.72. The lowest BCUT2D eigenvalue weighted by atomic mass is 10.1. The van der Waals surface area contributed by atoms with Crippen LogP contribution < -0.4 is 0 Å². The maximum Gasteiger partial charge on any atom is 0.339 e. The van der Waals surface area contributed by atoms with Crippen molar-refractivity contribution in [1.82, 2.24) is 9.78 Å². The number of carboxylic acids is 1. The number of nitrogens with zero attached hydrogens (tertiary/aromatic N) is 2. The maximum atomic E-state index is 11.1. The number of aryl methyl sites for hydroxylation is 1. The van der Waals surface area contributed by atoms with Crippen LogP contribution in [0, 0.1) is 0 Å². The number of aromatic carboxylic acids is 1. The molecule has 90 valence electrons. The van der Waals surface area contributed by atoms with E-state index in [1.807, 2.05) is 6.92 Å². The number of hydrogen-bond donors (Lipinski definition) is 1. The average molecular weight is 291 g/mol. The summed E-state index contributed by atoms with van der Waals surface area (Å²) in [6, 6.07) is 1.63. The monoisotopic (exact) mass is 290 g/mol. The number of thiophene rings is 1. The Morgan fingerprint density at radius 1 is 1.59 bits per heavy atom. The molecule has 0 radical (unpaired) electrons. The lowest BCUT2D eigenvalue weighted by Crippen LogP contribution is -1.96. The average Bonchev–Trinajstić information content (AvgIpc) is 2.81. The van der Waals surface area contributed by atoms with Gasteiger partial charge in [0.25, 0.3) is 0 Å². The molecule has 0 fully saturated rings. The normalized spacial score (nSPS) is 10.8. The van der Waals surface area contributed by atoms with Crippen molar-refractivity contribution in [2.24, 2.45) is 0 Å². The highest BCUT2D eigenvalue weighted by Gasteiger charge is 2.20. The molecule has 0 saturated heterocycles. The largest absolute Gasteiger partial charge is 0.478 e. The standard InChI is InChI=1S/C10H8Cl2N2O2S/c1-2-14-4-6(10(15)16)8(13-14)5-3-7(11)17-9(5)12/h3-4H,2H2,1H3,(H,15,16). The van der Waals surface area contributed by atoms with Crippen molar-refractivity contribution in [1.29, 1.82) is 0 Å². The topological polar surface area (TPSA) is 55.1 Å². The molecule has 2 rings (SSSR count). The van der Waals surface area contributed by atoms with E-state index in [1.54, 1.807) is 10.7 Å². The number of carbonyl (C=O) groups is 1. The van der Waals surface area contributed by atoms with Gasteiger partial charge in [0.2, 0.25) is 0 Å². The van der Waals surface area contributed by atoms with Gasteiger partial charge in [-0.15, -0.1) is 11.3 Å². The van der Waals surface area contributed by atoms with Gasteiger partial charge in [-0.05, 0) is 13.0 Å². The van der Waals surface area contributed by atoms with Gasteiger partial charge in [-0.25, -0.2) is 4.79 Å². The molecule has 0 unspecified atom stereocenters. The minimum Gasteiger partial charge on any atom is -0.478 e. The van der Waals surface area contributed by atoms with Crippen LogP contribution in [0.25, 0.3) is 11.3 Å². The first-order chi connectivity index (χ1) is 8.02. The SMILES string of the molecule is CCn1cc(C(=O)O)c(-c2cc(Cl)sc2Cl)n1. The highest BCUT2D eigenvalue weighted by Crippen LogP contribution is 2.38. The van der Waals surface area contributed by atoms with Crippen LogP contribution in [-0.4, -0.2) is 20.9 Å². The summed E-state index contributed by atoms with van der Waals surface area (Å²) in [7, 11) is 0. The molecule has 4 nitrogen and oxygen atoms in total. The van der Waals surface area contributed by atoms with Crippen molar-refractivity contribution in [3.05, 3.63) is 26.5 Å². The lowest BCUT2D eigenvalue weighted by Gasteiger charge is -1.95. The molecule has 0 aliphatic carbocycles. The second kappa shape index (κ2) is 4.68. The van der Waals surface area contributed by atoms with Gasteiger partial charge in [0, 0.05) is 18.3 Å². The molecule has 2 aromatic heterocycles. The van der Waals surface area contributed by atoms with E-state index >= 15 is 0 Å². The zero-order valence-electron chi connectivity index (χ0n) is 8.78. The summed E-state index contributed by atoms with van der Waals surface area (Å²) in [5.74, 6) is -1.03. The molecule has 0 aromatic carbocycles. The molecule has 7 heteroatoms. The summed E-state index contributed by atoms with van der Waals surface area (Å²) in [5, 5.41) is 13.3. The minimum atomic E-state index is -1.03. The smallest absolute Gasteiger partial charge is 0.339 e. The van der Waals surface area contributed by atoms with Crippen molar-refractivity contribution in [2.75, 3.05) is 0 Å². The number of aromatic nitrogens is 2. The van der Waals surface area contributed by atoms with Gasteiger partial charge in [-0.2, -0.15) is 5.10 Å². The van der Waals surface area contributed by atoms with E-state index in [1.165, 1.54) is 17.5 Å². The van der Waals surface area contributed by atoms with Gasteiger partial charge in [0.05, 0.1) is 4.34 Å². The van der Waals surface area contributed by atoms with E-state index in [4.69, 9.17) is 28.3 Å². The van der Waals surface area contributed by atoms with E-state index in [2.05, 4.69) is 5.10 Å². The Morgan fingerprint density at radius 3 is 2.76 bits per heavy atom. The van der Waals surface area contributed by atoms with Gasteiger partial charge in [0.1, 0.15) is 15.6 Å². The van der Waals surface area contributed by atoms with Crippen LogP contribution in [0.4, 0.5) is 0 Å². The van der Waals surface area contributed by atoms with Gasteiger partial charge in [0.15, 0.2) is 0 Å². The molecule has 0 aliphatic heterocycles. The molecule has 0 spiro atoms. The van der Waals surface area contributed by atoms with Crippen LogP contribution >= 0.6 is 34.5 Å². The van der Waals surface area contributed by atoms with Crippen molar-refractivity contribution in [3.8, 4) is 11.3 Å². The zero-order chi connectivity index (χ0) is 12.6. The molecule has 1 N–H and O–H groups in total. The summed E-state index contributed by atoms with van der Waals surface area (Å²) < 4.78 is 2.51. The number of hydrogen-bond acceptors (Lipinski definition) is 3. The van der Waals surface area contributed by atoms with Gasteiger partial charge >= 0.3 is 5.97 Å². The highest BCUT2D eigenvalue weighted by atomic mass is 35.5. The summed E-state index contributed by atoms with van der Waals surface area (Å²) in [6.07, 6.45) is 1.49. The Hall–Kier alpha value is -1.04. The number of rotatable bonds is 3. The Bertz CT molecular complexity index is 577. The molecule has 0 atom stereocenters. The van der Waals surface area contributed by atoms with Crippen molar-refractivity contribution < 1.29 is 9.90 Å². The van der Waals surface area contributed by atoms with E-state index in [9.17, 15) is 4.79 Å². The van der Waals surface area contributed by atoms with E-state index in [0.29, 0.717) is 26.5 Å². The first-order valence-corrected chi connectivity index (χ1v) is 6.36. The fraction of sp³-hybridized carbons (Fsp3) is 0.200. The minimum absolute atomic E-state index is 0.128. The first kappa shape index (κ1) is 12.4. The predicted molar refractivity (Wildman–Crippen MR) is 68.2 cm³/mol. The quantitative estimate of drug-likeness (QED) is 0.939. The Balaban J connectivity index is 2.61. The molecule has 0 amide bonds. The van der Waals surface area contributed by atoms with Crippen LogP contribution in [0.1, 0.15) is 17.3 Å². The predicted octanol–water partition coefficient (Wildman–Crippen LogP) is 3.64. The zero-order valence-corrected chi connectivity index (χ0v) is 11.1. The van der Waals surface area contributed by atoms with Crippen LogP contribution in [0.5, 0.6) is 0 Å². The lowest BCUT2D eigenvalue weighted by molar-refractivity contribution is 0.0697. The summed E-state index contributed by atoms with van der Waals surface area (Å²) >= 11 is 13.0. The van der Waals surface area contributed by atoms with Crippen LogP contribution in [0.15, 0.2) is 12.3 Å². The van der Waals surface area contributed by atoms with E-state index in [-0.39, 0.29) is 5.56 Å². The first-order valence-electron chi connectivity index (χ1n) is 4.79. The molecular formula is C10H8Cl2N2O2S. The summed E-state index contributed by atoms with van der Waals surface area (Å²) in [6.45, 7) is 2.47. The van der Waals surface area contributed by atoms with Crippen LogP contribution in [0.2, 0.25) is 8.67 Å². The molecule has 0 aliphatic rings. The Morgan fingerprint density at radius 2 is 2.29 bits per heavy atom. The second-order valence-corrected chi connectivity index (χ2v) is 5.58. The molecule has 2 aromatic rings. The van der Waals surface area contributed by atoms with Gasteiger partial charge in [-0.3, -0.25) is 4.68 Å². The van der Waals surface area contributed by atoms with Gasteiger partial charge < -0.3 is 5.11 Å². The molecule has 0 saturated carbocycles. The number of carboxylic acid groups (broad SMARTS) is 1. The number of halogens is 2. The Labute approximate surface area is 111 Å². The molecule has 0 bridgehead atoms. The van der Waals surface area contributed by atoms with Gasteiger partial charge in [-0.1, -0.05) is 23.2 Å². The molecule has 17 heavy (non-hydrogen) atoms. The fourth-order valence-electron chi connectivity index (χ4n) is 1.44. The maximum absolute atomic E-state index is 11.1. The Kier molecular flexibility index (Phi) is 3.42. The van der Waals surface area contributed by atoms with Crippen LogP contribution in [-0.2, 0) is 6.54 Å². The van der Waals surface area contributed by atoms with Crippen LogP contribution in [0.3, 0.4) is 0 Å². The summed E-state index contributed by atoms with van der Waals surface area (Å²) in [5.41, 5.74) is 1.04. The van der Waals surface area contributed by atoms with E-state index in [0.717, 1.165) is 0 Å².